The highest BCUT2D eigenvalue weighted by atomic mass is 79.9. The van der Waals surface area contributed by atoms with E-state index in [0.717, 1.165) is 0 Å². The van der Waals surface area contributed by atoms with Gasteiger partial charge >= 0.3 is 0 Å². The van der Waals surface area contributed by atoms with E-state index in [2.05, 4.69) is 15.9 Å². The van der Waals surface area contributed by atoms with Gasteiger partial charge in [0.25, 0.3) is 0 Å². The van der Waals surface area contributed by atoms with Crippen molar-refractivity contribution in [3.05, 3.63) is 11.5 Å². The van der Waals surface area contributed by atoms with E-state index in [1.165, 1.54) is 11.8 Å². The van der Waals surface area contributed by atoms with Crippen molar-refractivity contribution >= 4 is 39.3 Å². The van der Waals surface area contributed by atoms with Gasteiger partial charge in [0.05, 0.1) is 12.0 Å². The van der Waals surface area contributed by atoms with Crippen LogP contribution >= 0.6 is 39.3 Å². The Bertz CT molecular complexity index is 141. The Morgan fingerprint density at radius 1 is 1.89 bits per heavy atom. The lowest BCUT2D eigenvalue weighted by molar-refractivity contribution is 0.289. The minimum absolute atomic E-state index is 0.0544. The number of hydrogen-bond acceptors (Lipinski definition) is 2. The summed E-state index contributed by atoms with van der Waals surface area (Å²) in [6, 6.07) is 0. The van der Waals surface area contributed by atoms with Gasteiger partial charge in [0, 0.05) is 0 Å². The lowest BCUT2D eigenvalue weighted by atomic mass is 10.3. The molecule has 0 aromatic carbocycles. The molecule has 0 bridgehead atoms. The van der Waals surface area contributed by atoms with Gasteiger partial charge in [-0.25, -0.2) is 0 Å². The first-order chi connectivity index (χ1) is 4.19. The number of allylic oxidation sites excluding steroid dienone is 1. The van der Waals surface area contributed by atoms with Crippen LogP contribution in [0, 0.1) is 0 Å². The molecule has 2 unspecified atom stereocenters. The maximum atomic E-state index is 8.80. The van der Waals surface area contributed by atoms with Crippen molar-refractivity contribution in [2.75, 3.05) is 6.61 Å². The molecule has 1 nitrogen and oxygen atoms in total. The molecule has 0 radical (unpaired) electrons. The second kappa shape index (κ2) is 2.82. The summed E-state index contributed by atoms with van der Waals surface area (Å²) in [6.07, 6.45) is 1.86. The summed E-state index contributed by atoms with van der Waals surface area (Å²) in [4.78, 5) is 0. The molecule has 1 rings (SSSR count). The van der Waals surface area contributed by atoms with E-state index >= 15 is 0 Å². The fraction of sp³-hybridized carbons (Fsp3) is 0.600. The Morgan fingerprint density at radius 3 is 2.78 bits per heavy atom. The van der Waals surface area contributed by atoms with Gasteiger partial charge in [0.15, 0.2) is 0 Å². The SMILES string of the molecule is OCC1(Br)SC=CC1Cl. The number of rotatable bonds is 1. The Morgan fingerprint density at radius 2 is 2.56 bits per heavy atom. The van der Waals surface area contributed by atoms with Gasteiger partial charge in [-0.05, 0) is 5.41 Å². The highest BCUT2D eigenvalue weighted by Crippen LogP contribution is 2.44. The zero-order chi connectivity index (χ0) is 6.91. The number of halogens is 2. The Labute approximate surface area is 71.6 Å². The average molecular weight is 230 g/mol. The van der Waals surface area contributed by atoms with Crippen molar-refractivity contribution in [3.63, 3.8) is 0 Å². The summed E-state index contributed by atoms with van der Waals surface area (Å²) >= 11 is 10.6. The van der Waals surface area contributed by atoms with Crippen LogP contribution in [0.5, 0.6) is 0 Å². The molecular formula is C5H6BrClOS. The summed E-state index contributed by atoms with van der Waals surface area (Å²) < 4.78 is -0.367. The van der Waals surface area contributed by atoms with Crippen molar-refractivity contribution in [2.45, 2.75) is 9.03 Å². The number of aliphatic hydroxyl groups excluding tert-OH is 1. The Balaban J connectivity index is 2.62. The van der Waals surface area contributed by atoms with E-state index in [9.17, 15) is 0 Å². The maximum absolute atomic E-state index is 8.80. The average Bonchev–Trinajstić information content (AvgIpc) is 2.15. The third-order valence-corrected chi connectivity index (χ3v) is 4.42. The third-order valence-electron chi connectivity index (χ3n) is 1.14. The van der Waals surface area contributed by atoms with E-state index in [4.69, 9.17) is 16.7 Å². The van der Waals surface area contributed by atoms with Crippen LogP contribution in [0.4, 0.5) is 0 Å². The Hall–Kier alpha value is 0.820. The fourth-order valence-electron chi connectivity index (χ4n) is 0.555. The molecule has 9 heavy (non-hydrogen) atoms. The molecule has 0 saturated heterocycles. The first-order valence-electron chi connectivity index (χ1n) is 2.47. The van der Waals surface area contributed by atoms with Crippen molar-refractivity contribution < 1.29 is 5.11 Å². The molecule has 0 aromatic rings. The minimum atomic E-state index is -0.367. The highest BCUT2D eigenvalue weighted by Gasteiger charge is 2.36. The summed E-state index contributed by atoms with van der Waals surface area (Å²) in [5, 5.41) is 10.6. The molecule has 4 heteroatoms. The molecule has 0 aliphatic carbocycles. The monoisotopic (exact) mass is 228 g/mol. The van der Waals surface area contributed by atoms with Crippen LogP contribution < -0.4 is 0 Å². The molecule has 0 amide bonds. The van der Waals surface area contributed by atoms with Crippen molar-refractivity contribution in [3.8, 4) is 0 Å². The van der Waals surface area contributed by atoms with Gasteiger partial charge in [0.2, 0.25) is 0 Å². The molecule has 1 N–H and O–H groups in total. The first kappa shape index (κ1) is 7.92. The maximum Gasteiger partial charge on any atom is 0.118 e. The van der Waals surface area contributed by atoms with E-state index in [0.29, 0.717) is 0 Å². The van der Waals surface area contributed by atoms with Crippen molar-refractivity contribution in [2.24, 2.45) is 0 Å². The summed E-state index contributed by atoms with van der Waals surface area (Å²) in [7, 11) is 0. The normalized spacial score (nSPS) is 41.9. The van der Waals surface area contributed by atoms with Crippen LogP contribution in [0.15, 0.2) is 11.5 Å². The first-order valence-corrected chi connectivity index (χ1v) is 4.58. The quantitative estimate of drug-likeness (QED) is 0.694. The smallest absolute Gasteiger partial charge is 0.118 e. The van der Waals surface area contributed by atoms with Crippen LogP contribution in [0.1, 0.15) is 0 Å². The van der Waals surface area contributed by atoms with Gasteiger partial charge in [-0.2, -0.15) is 0 Å². The molecule has 52 valence electrons. The Kier molecular flexibility index (Phi) is 2.49. The number of hydrogen-bond donors (Lipinski definition) is 1. The summed E-state index contributed by atoms with van der Waals surface area (Å²) in [5.74, 6) is 0. The zero-order valence-corrected chi connectivity index (χ0v) is 7.71. The van der Waals surface area contributed by atoms with Crippen LogP contribution in [0.25, 0.3) is 0 Å². The fourth-order valence-corrected chi connectivity index (χ4v) is 2.16. The number of alkyl halides is 2. The van der Waals surface area contributed by atoms with Crippen molar-refractivity contribution in [1.29, 1.82) is 0 Å². The standard InChI is InChI=1S/C5H6BrClOS/c6-5(3-8)4(7)1-2-9-5/h1-2,4,8H,3H2. The predicted molar refractivity (Wildman–Crippen MR) is 45.1 cm³/mol. The highest BCUT2D eigenvalue weighted by molar-refractivity contribution is 9.12. The summed E-state index contributed by atoms with van der Waals surface area (Å²) in [6.45, 7) is 0.0544. The van der Waals surface area contributed by atoms with Gasteiger partial charge < -0.3 is 5.11 Å². The van der Waals surface area contributed by atoms with Crippen LogP contribution in [-0.4, -0.2) is 20.7 Å². The third kappa shape index (κ3) is 1.45. The molecule has 1 aliphatic rings. The van der Waals surface area contributed by atoms with Crippen LogP contribution in [0.3, 0.4) is 0 Å². The molecular weight excluding hydrogens is 223 g/mol. The minimum Gasteiger partial charge on any atom is -0.394 e. The van der Waals surface area contributed by atoms with Crippen LogP contribution in [-0.2, 0) is 0 Å². The molecule has 0 saturated carbocycles. The van der Waals surface area contributed by atoms with E-state index in [-0.39, 0.29) is 15.6 Å². The molecule has 0 fully saturated rings. The number of thioether (sulfide) groups is 1. The molecule has 1 aliphatic heterocycles. The second-order valence-corrected chi connectivity index (χ2v) is 5.44. The van der Waals surface area contributed by atoms with Gasteiger partial charge in [0.1, 0.15) is 3.66 Å². The lowest BCUT2D eigenvalue weighted by Crippen LogP contribution is -2.27. The second-order valence-electron chi connectivity index (χ2n) is 1.79. The van der Waals surface area contributed by atoms with E-state index in [1.807, 2.05) is 11.5 Å². The summed E-state index contributed by atoms with van der Waals surface area (Å²) in [5.41, 5.74) is 0. The number of aliphatic hydroxyl groups is 1. The molecule has 0 aromatic heterocycles. The molecule has 1 heterocycles. The lowest BCUT2D eigenvalue weighted by Gasteiger charge is -2.20. The largest absolute Gasteiger partial charge is 0.394 e. The van der Waals surface area contributed by atoms with Crippen molar-refractivity contribution in [1.82, 2.24) is 0 Å². The predicted octanol–water partition coefficient (Wildman–Crippen LogP) is 1.94. The van der Waals surface area contributed by atoms with E-state index < -0.39 is 0 Å². The van der Waals surface area contributed by atoms with Gasteiger partial charge in [-0.3, -0.25) is 0 Å². The molecule has 2 atom stereocenters. The van der Waals surface area contributed by atoms with Gasteiger partial charge in [-0.1, -0.05) is 22.0 Å². The molecule has 0 spiro atoms. The van der Waals surface area contributed by atoms with Gasteiger partial charge in [-0.15, -0.1) is 23.4 Å². The van der Waals surface area contributed by atoms with Crippen LogP contribution in [0.2, 0.25) is 0 Å². The van der Waals surface area contributed by atoms with E-state index in [1.54, 1.807) is 0 Å². The zero-order valence-electron chi connectivity index (χ0n) is 4.55. The topological polar surface area (TPSA) is 20.2 Å².